The first kappa shape index (κ1) is 22.3. The van der Waals surface area contributed by atoms with Gasteiger partial charge in [0, 0.05) is 61.1 Å². The zero-order valence-corrected chi connectivity index (χ0v) is 20.0. The lowest BCUT2D eigenvalue weighted by Gasteiger charge is -2.34. The van der Waals surface area contributed by atoms with Gasteiger partial charge in [-0.3, -0.25) is 4.79 Å². The monoisotopic (exact) mass is 476 g/mol. The molecule has 0 spiro atoms. The number of piperazine rings is 1. The van der Waals surface area contributed by atoms with E-state index in [0.717, 1.165) is 25.2 Å². The molecule has 3 aromatic rings. The van der Waals surface area contributed by atoms with Gasteiger partial charge >= 0.3 is 6.03 Å². The van der Waals surface area contributed by atoms with Gasteiger partial charge in [0.1, 0.15) is 5.75 Å². The van der Waals surface area contributed by atoms with Crippen LogP contribution < -0.4 is 15.0 Å². The molecular formula is C26H28N4O3S. The van der Waals surface area contributed by atoms with Crippen LogP contribution in [0.2, 0.25) is 0 Å². The minimum Gasteiger partial charge on any atom is -0.497 e. The normalized spacial score (nSPS) is 15.6. The Morgan fingerprint density at radius 1 is 0.941 bits per heavy atom. The summed E-state index contributed by atoms with van der Waals surface area (Å²) in [5.41, 5.74) is 3.95. The third-order valence-corrected chi connectivity index (χ3v) is 7.49. The first-order chi connectivity index (χ1) is 16.6. The summed E-state index contributed by atoms with van der Waals surface area (Å²) in [6.07, 6.45) is 1.08. The van der Waals surface area contributed by atoms with E-state index in [2.05, 4.69) is 33.8 Å². The fourth-order valence-corrected chi connectivity index (χ4v) is 5.37. The number of nitrogens with zero attached hydrogens (tertiary/aromatic N) is 3. The molecular weight excluding hydrogens is 448 g/mol. The number of hydrogen-bond donors (Lipinski definition) is 1. The number of thiophene rings is 1. The van der Waals surface area contributed by atoms with Gasteiger partial charge in [0.25, 0.3) is 5.91 Å². The Balaban J connectivity index is 1.13. The van der Waals surface area contributed by atoms with Crippen molar-refractivity contribution in [3.8, 4) is 5.75 Å². The zero-order chi connectivity index (χ0) is 23.5. The number of nitrogens with one attached hydrogen (secondary N) is 1. The molecule has 8 heteroatoms. The van der Waals surface area contributed by atoms with Gasteiger partial charge in [-0.25, -0.2) is 4.79 Å². The summed E-state index contributed by atoms with van der Waals surface area (Å²) in [5, 5.41) is 5.16. The van der Waals surface area contributed by atoms with Crippen LogP contribution in [0.5, 0.6) is 5.75 Å². The molecule has 0 unspecified atom stereocenters. The average molecular weight is 477 g/mol. The molecule has 0 aliphatic carbocycles. The lowest BCUT2D eigenvalue weighted by atomic mass is 10.1. The fourth-order valence-electron chi connectivity index (χ4n) is 4.48. The van der Waals surface area contributed by atoms with Crippen LogP contribution in [0.4, 0.5) is 16.2 Å². The van der Waals surface area contributed by atoms with Crippen LogP contribution in [-0.2, 0) is 13.0 Å². The van der Waals surface area contributed by atoms with Crippen molar-refractivity contribution in [3.05, 3.63) is 76.0 Å². The van der Waals surface area contributed by atoms with Gasteiger partial charge in [-0.15, -0.1) is 11.3 Å². The SMILES string of the molecule is COc1cccc(C(=O)N2CCN(C(=O)Nc3ccc(N4CCc5sccc5C4)cc3)CC2)c1. The van der Waals surface area contributed by atoms with Crippen molar-refractivity contribution in [3.63, 3.8) is 0 Å². The topological polar surface area (TPSA) is 65.1 Å². The molecule has 0 bridgehead atoms. The molecule has 2 aromatic carbocycles. The molecule has 1 aromatic heterocycles. The van der Waals surface area contributed by atoms with Crippen LogP contribution in [0, 0.1) is 0 Å². The van der Waals surface area contributed by atoms with Crippen LogP contribution in [0.25, 0.3) is 0 Å². The molecule has 5 rings (SSSR count). The second-order valence-corrected chi connectivity index (χ2v) is 9.53. The first-order valence-corrected chi connectivity index (χ1v) is 12.4. The minimum atomic E-state index is -0.137. The van der Waals surface area contributed by atoms with E-state index >= 15 is 0 Å². The third kappa shape index (κ3) is 4.72. The Kier molecular flexibility index (Phi) is 6.40. The molecule has 0 radical (unpaired) electrons. The maximum Gasteiger partial charge on any atom is 0.321 e. The van der Waals surface area contributed by atoms with Gasteiger partial charge in [-0.05, 0) is 65.9 Å². The molecule has 0 atom stereocenters. The molecule has 2 aliphatic rings. The number of rotatable bonds is 4. The van der Waals surface area contributed by atoms with Crippen molar-refractivity contribution >= 4 is 34.6 Å². The lowest BCUT2D eigenvalue weighted by Crippen LogP contribution is -2.51. The van der Waals surface area contributed by atoms with Crippen molar-refractivity contribution in [2.24, 2.45) is 0 Å². The fraction of sp³-hybridized carbons (Fsp3) is 0.308. The van der Waals surface area contributed by atoms with Crippen LogP contribution in [0.3, 0.4) is 0 Å². The summed E-state index contributed by atoms with van der Waals surface area (Å²) < 4.78 is 5.22. The van der Waals surface area contributed by atoms with E-state index in [4.69, 9.17) is 4.74 Å². The van der Waals surface area contributed by atoms with Crippen molar-refractivity contribution < 1.29 is 14.3 Å². The second-order valence-electron chi connectivity index (χ2n) is 8.53. The number of carbonyl (C=O) groups is 2. The van der Waals surface area contributed by atoms with Crippen molar-refractivity contribution in [2.75, 3.05) is 50.1 Å². The number of methoxy groups -OCH3 is 1. The number of ether oxygens (including phenoxy) is 1. The number of hydrogen-bond acceptors (Lipinski definition) is 5. The summed E-state index contributed by atoms with van der Waals surface area (Å²) in [5.74, 6) is 0.619. The smallest absolute Gasteiger partial charge is 0.321 e. The Labute approximate surface area is 203 Å². The van der Waals surface area contributed by atoms with E-state index in [-0.39, 0.29) is 11.9 Å². The van der Waals surface area contributed by atoms with Crippen LogP contribution in [0.15, 0.2) is 60.0 Å². The van der Waals surface area contributed by atoms with Gasteiger partial charge in [0.05, 0.1) is 7.11 Å². The summed E-state index contributed by atoms with van der Waals surface area (Å²) >= 11 is 1.84. The average Bonchev–Trinajstić information content (AvgIpc) is 3.37. The first-order valence-electron chi connectivity index (χ1n) is 11.5. The molecule has 34 heavy (non-hydrogen) atoms. The zero-order valence-electron chi connectivity index (χ0n) is 19.2. The Morgan fingerprint density at radius 3 is 2.47 bits per heavy atom. The Bertz CT molecular complexity index is 1170. The highest BCUT2D eigenvalue weighted by Gasteiger charge is 2.25. The predicted molar refractivity (Wildman–Crippen MR) is 135 cm³/mol. The number of benzene rings is 2. The van der Waals surface area contributed by atoms with Gasteiger partial charge in [-0.1, -0.05) is 6.07 Å². The van der Waals surface area contributed by atoms with Crippen molar-refractivity contribution in [1.82, 2.24) is 9.80 Å². The Morgan fingerprint density at radius 2 is 1.71 bits per heavy atom. The van der Waals surface area contributed by atoms with E-state index in [1.165, 1.54) is 16.1 Å². The van der Waals surface area contributed by atoms with Gasteiger partial charge < -0.3 is 24.8 Å². The molecule has 1 saturated heterocycles. The summed E-state index contributed by atoms with van der Waals surface area (Å²) in [6, 6.07) is 17.3. The maximum absolute atomic E-state index is 12.8. The van der Waals surface area contributed by atoms with E-state index in [9.17, 15) is 9.59 Å². The summed E-state index contributed by atoms with van der Waals surface area (Å²) in [6.45, 7) is 3.94. The number of urea groups is 1. The highest BCUT2D eigenvalue weighted by atomic mass is 32.1. The van der Waals surface area contributed by atoms with E-state index in [1.807, 2.05) is 35.6 Å². The highest BCUT2D eigenvalue weighted by Crippen LogP contribution is 2.28. The molecule has 3 heterocycles. The molecule has 1 fully saturated rings. The van der Waals surface area contributed by atoms with Crippen LogP contribution in [-0.4, -0.2) is 61.6 Å². The molecule has 1 N–H and O–H groups in total. The van der Waals surface area contributed by atoms with Gasteiger partial charge in [-0.2, -0.15) is 0 Å². The van der Waals surface area contributed by atoms with Crippen LogP contribution in [0.1, 0.15) is 20.8 Å². The Hall–Kier alpha value is -3.52. The summed E-state index contributed by atoms with van der Waals surface area (Å²) in [7, 11) is 1.59. The second kappa shape index (κ2) is 9.77. The largest absolute Gasteiger partial charge is 0.497 e. The number of carbonyl (C=O) groups excluding carboxylic acids is 2. The lowest BCUT2D eigenvalue weighted by molar-refractivity contribution is 0.0671. The van der Waals surface area contributed by atoms with Gasteiger partial charge in [0.2, 0.25) is 0 Å². The molecule has 3 amide bonds. The predicted octanol–water partition coefficient (Wildman–Crippen LogP) is 4.31. The maximum atomic E-state index is 12.8. The third-order valence-electron chi connectivity index (χ3n) is 6.46. The van der Waals surface area contributed by atoms with Crippen molar-refractivity contribution in [2.45, 2.75) is 13.0 Å². The quantitative estimate of drug-likeness (QED) is 0.610. The van der Waals surface area contributed by atoms with E-state index in [1.54, 1.807) is 29.0 Å². The standard InChI is InChI=1S/C26H28N4O3S/c1-33-23-4-2-3-19(17-23)25(31)28-12-14-29(15-13-28)26(32)27-21-5-7-22(8-6-21)30-11-9-24-20(18-30)10-16-34-24/h2-8,10,16-17H,9,11-15,18H2,1H3,(H,27,32). The van der Waals surface area contributed by atoms with E-state index in [0.29, 0.717) is 37.5 Å². The number of fused-ring (bicyclic) bond motifs is 1. The number of amides is 3. The van der Waals surface area contributed by atoms with Gasteiger partial charge in [0.15, 0.2) is 0 Å². The molecule has 7 nitrogen and oxygen atoms in total. The molecule has 176 valence electrons. The molecule has 2 aliphatic heterocycles. The van der Waals surface area contributed by atoms with Crippen molar-refractivity contribution in [1.29, 1.82) is 0 Å². The van der Waals surface area contributed by atoms with Crippen LogP contribution >= 0.6 is 11.3 Å². The van der Waals surface area contributed by atoms with E-state index < -0.39 is 0 Å². The summed E-state index contributed by atoms with van der Waals surface area (Å²) in [4.78, 5) is 33.0. The number of anilines is 2. The molecule has 0 saturated carbocycles. The highest BCUT2D eigenvalue weighted by molar-refractivity contribution is 7.10. The minimum absolute atomic E-state index is 0.0400.